The average molecular weight is 402 g/mol. The van der Waals surface area contributed by atoms with Crippen molar-refractivity contribution >= 4 is 17.6 Å². The Labute approximate surface area is 170 Å². The molecule has 1 atom stereocenters. The number of carbonyl (C=O) groups is 1. The summed E-state index contributed by atoms with van der Waals surface area (Å²) in [5.74, 6) is 0.291. The van der Waals surface area contributed by atoms with E-state index in [9.17, 15) is 9.18 Å². The molecular weight excluding hydrogens is 375 g/mol. The highest BCUT2D eigenvalue weighted by molar-refractivity contribution is 5.90. The van der Waals surface area contributed by atoms with Crippen LogP contribution in [0.15, 0.2) is 36.5 Å². The first-order chi connectivity index (χ1) is 14.0. The van der Waals surface area contributed by atoms with E-state index < -0.39 is 18.0 Å². The number of rotatable bonds is 9. The summed E-state index contributed by atoms with van der Waals surface area (Å²) < 4.78 is 19.7. The fraction of sp³-hybridized carbons (Fsp3) is 0.429. The minimum absolute atomic E-state index is 0.198. The zero-order valence-corrected chi connectivity index (χ0v) is 16.8. The lowest BCUT2D eigenvalue weighted by molar-refractivity contribution is 0.0963. The molecular formula is C21H27FN4O3. The zero-order valence-electron chi connectivity index (χ0n) is 16.8. The van der Waals surface area contributed by atoms with Gasteiger partial charge in [-0.3, -0.25) is 4.90 Å². The molecule has 1 unspecified atom stereocenters. The van der Waals surface area contributed by atoms with Crippen molar-refractivity contribution in [3.8, 4) is 11.1 Å². The van der Waals surface area contributed by atoms with Gasteiger partial charge in [0.15, 0.2) is 0 Å². The minimum Gasteiger partial charge on any atom is -0.441 e. The number of aliphatic hydroxyl groups excluding tert-OH is 1. The number of benzene rings is 1. The number of pyridine rings is 1. The van der Waals surface area contributed by atoms with Gasteiger partial charge < -0.3 is 20.1 Å². The Kier molecular flexibility index (Phi) is 7.00. The Bertz CT molecular complexity index is 827. The highest BCUT2D eigenvalue weighted by Gasteiger charge is 2.32. The van der Waals surface area contributed by atoms with E-state index in [1.807, 2.05) is 12.1 Å². The van der Waals surface area contributed by atoms with Gasteiger partial charge in [0.2, 0.25) is 0 Å². The number of aromatic nitrogens is 1. The van der Waals surface area contributed by atoms with Gasteiger partial charge in [-0.05, 0) is 43.4 Å². The summed E-state index contributed by atoms with van der Waals surface area (Å²) in [4.78, 5) is 19.9. The molecule has 3 rings (SSSR count). The number of nitrogens with one attached hydrogen (secondary N) is 1. The molecule has 0 radical (unpaired) electrons. The Balaban J connectivity index is 1.65. The van der Waals surface area contributed by atoms with Crippen LogP contribution in [0.4, 0.5) is 20.7 Å². The summed E-state index contributed by atoms with van der Waals surface area (Å²) in [6.07, 6.45) is 0.457. The summed E-state index contributed by atoms with van der Waals surface area (Å²) in [7, 11) is 0. The van der Waals surface area contributed by atoms with Gasteiger partial charge in [-0.15, -0.1) is 0 Å². The second-order valence-corrected chi connectivity index (χ2v) is 6.85. The third-order valence-corrected chi connectivity index (χ3v) is 5.05. The second kappa shape index (κ2) is 9.67. The van der Waals surface area contributed by atoms with Crippen LogP contribution in [0.25, 0.3) is 11.1 Å². The van der Waals surface area contributed by atoms with Crippen LogP contribution in [0.1, 0.15) is 13.8 Å². The van der Waals surface area contributed by atoms with E-state index in [4.69, 9.17) is 9.84 Å². The highest BCUT2D eigenvalue weighted by atomic mass is 19.1. The van der Waals surface area contributed by atoms with Gasteiger partial charge in [-0.25, -0.2) is 14.2 Å². The Hall–Kier alpha value is -2.71. The van der Waals surface area contributed by atoms with Crippen molar-refractivity contribution in [1.29, 1.82) is 0 Å². The molecule has 1 saturated heterocycles. The van der Waals surface area contributed by atoms with Crippen molar-refractivity contribution < 1.29 is 19.0 Å². The van der Waals surface area contributed by atoms with Crippen LogP contribution in [-0.4, -0.2) is 66.5 Å². The number of hydrogen-bond acceptors (Lipinski definition) is 6. The summed E-state index contributed by atoms with van der Waals surface area (Å²) in [5.41, 5.74) is 1.46. The van der Waals surface area contributed by atoms with Crippen LogP contribution in [0.5, 0.6) is 0 Å². The number of ether oxygens (including phenoxy) is 1. The van der Waals surface area contributed by atoms with Crippen LogP contribution in [0.3, 0.4) is 0 Å². The molecule has 1 aromatic heterocycles. The Morgan fingerprint density at radius 2 is 2.10 bits per heavy atom. The predicted octanol–water partition coefficient (Wildman–Crippen LogP) is 2.96. The van der Waals surface area contributed by atoms with Crippen molar-refractivity contribution in [2.75, 3.05) is 49.5 Å². The summed E-state index contributed by atoms with van der Waals surface area (Å²) in [6.45, 7) is 7.95. The predicted molar refractivity (Wildman–Crippen MR) is 111 cm³/mol. The number of anilines is 2. The molecule has 8 heteroatoms. The maximum atomic E-state index is 14.7. The highest BCUT2D eigenvalue weighted by Crippen LogP contribution is 2.29. The van der Waals surface area contributed by atoms with Gasteiger partial charge in [0.25, 0.3) is 0 Å². The van der Waals surface area contributed by atoms with Gasteiger partial charge in [0.05, 0.1) is 18.8 Å². The fourth-order valence-electron chi connectivity index (χ4n) is 3.27. The van der Waals surface area contributed by atoms with Gasteiger partial charge in [0.1, 0.15) is 17.7 Å². The monoisotopic (exact) mass is 402 g/mol. The van der Waals surface area contributed by atoms with Crippen LogP contribution in [-0.2, 0) is 4.74 Å². The molecule has 1 aromatic carbocycles. The summed E-state index contributed by atoms with van der Waals surface area (Å²) in [5, 5.41) is 12.4. The molecule has 1 fully saturated rings. The summed E-state index contributed by atoms with van der Waals surface area (Å²) in [6, 6.07) is 8.22. The Morgan fingerprint density at radius 3 is 2.69 bits per heavy atom. The molecule has 0 spiro atoms. The molecule has 29 heavy (non-hydrogen) atoms. The SMILES string of the molecule is CCN(CC)CCNc1ccc(-c2ccc(N3CC(CO)OC3=O)cc2F)cn1. The van der Waals surface area contributed by atoms with Gasteiger partial charge in [-0.1, -0.05) is 13.8 Å². The van der Waals surface area contributed by atoms with Crippen molar-refractivity contribution in [2.24, 2.45) is 0 Å². The topological polar surface area (TPSA) is 77.9 Å². The smallest absolute Gasteiger partial charge is 0.414 e. The first-order valence-corrected chi connectivity index (χ1v) is 9.86. The maximum Gasteiger partial charge on any atom is 0.414 e. The number of amides is 1. The van der Waals surface area contributed by atoms with E-state index in [1.54, 1.807) is 18.3 Å². The van der Waals surface area contributed by atoms with E-state index in [0.29, 0.717) is 16.8 Å². The number of halogens is 1. The maximum absolute atomic E-state index is 14.7. The van der Waals surface area contributed by atoms with Crippen LogP contribution < -0.4 is 10.2 Å². The molecule has 0 aliphatic carbocycles. The third-order valence-electron chi connectivity index (χ3n) is 5.05. The van der Waals surface area contributed by atoms with E-state index in [2.05, 4.69) is 29.0 Å². The lowest BCUT2D eigenvalue weighted by Crippen LogP contribution is -2.28. The van der Waals surface area contributed by atoms with E-state index in [-0.39, 0.29) is 13.2 Å². The molecule has 2 N–H and O–H groups in total. The van der Waals surface area contributed by atoms with Crippen LogP contribution in [0, 0.1) is 5.82 Å². The molecule has 7 nitrogen and oxygen atoms in total. The second-order valence-electron chi connectivity index (χ2n) is 6.85. The lowest BCUT2D eigenvalue weighted by Gasteiger charge is -2.18. The van der Waals surface area contributed by atoms with E-state index in [1.165, 1.54) is 11.0 Å². The third kappa shape index (κ3) is 5.02. The van der Waals surface area contributed by atoms with Crippen molar-refractivity contribution in [3.05, 3.63) is 42.3 Å². The summed E-state index contributed by atoms with van der Waals surface area (Å²) >= 11 is 0. The molecule has 1 amide bonds. The Morgan fingerprint density at radius 1 is 1.31 bits per heavy atom. The number of carbonyl (C=O) groups excluding carboxylic acids is 1. The molecule has 0 saturated carbocycles. The molecule has 2 heterocycles. The largest absolute Gasteiger partial charge is 0.441 e. The van der Waals surface area contributed by atoms with Crippen LogP contribution >= 0.6 is 0 Å². The van der Waals surface area contributed by atoms with Gasteiger partial charge in [0, 0.05) is 30.4 Å². The number of cyclic esters (lactones) is 1. The molecule has 2 aromatic rings. The van der Waals surface area contributed by atoms with Crippen molar-refractivity contribution in [1.82, 2.24) is 9.88 Å². The van der Waals surface area contributed by atoms with E-state index >= 15 is 0 Å². The molecule has 0 bridgehead atoms. The quantitative estimate of drug-likeness (QED) is 0.672. The molecule has 1 aliphatic rings. The zero-order chi connectivity index (χ0) is 20.8. The van der Waals surface area contributed by atoms with E-state index in [0.717, 1.165) is 32.0 Å². The lowest BCUT2D eigenvalue weighted by atomic mass is 10.1. The van der Waals surface area contributed by atoms with Gasteiger partial charge >= 0.3 is 6.09 Å². The fourth-order valence-corrected chi connectivity index (χ4v) is 3.27. The first kappa shape index (κ1) is 21.0. The first-order valence-electron chi connectivity index (χ1n) is 9.86. The number of hydrogen-bond donors (Lipinski definition) is 2. The standard InChI is InChI=1S/C21H27FN4O3/c1-3-25(4-2)10-9-23-20-8-5-15(12-24-20)18-7-6-16(11-19(18)22)26-13-17(14-27)29-21(26)28/h5-8,11-12,17,27H,3-4,9-10,13-14H2,1-2H3,(H,23,24). The number of likely N-dealkylation sites (N-methyl/N-ethyl adjacent to an activating group) is 1. The van der Waals surface area contributed by atoms with Gasteiger partial charge in [-0.2, -0.15) is 0 Å². The normalized spacial score (nSPS) is 16.4. The minimum atomic E-state index is -0.587. The average Bonchev–Trinajstić information content (AvgIpc) is 3.12. The van der Waals surface area contributed by atoms with Crippen molar-refractivity contribution in [3.63, 3.8) is 0 Å². The molecule has 156 valence electrons. The number of nitrogens with zero attached hydrogens (tertiary/aromatic N) is 3. The van der Waals surface area contributed by atoms with Crippen LogP contribution in [0.2, 0.25) is 0 Å². The number of aliphatic hydroxyl groups is 1. The van der Waals surface area contributed by atoms with Crippen molar-refractivity contribution in [2.45, 2.75) is 20.0 Å². The molecule has 1 aliphatic heterocycles.